The third-order valence-electron chi connectivity index (χ3n) is 5.23. The average Bonchev–Trinajstić information content (AvgIpc) is 3.27. The van der Waals surface area contributed by atoms with E-state index in [0.717, 1.165) is 28.5 Å². The molecular formula is C23H21N3O3. The molecular weight excluding hydrogens is 366 g/mol. The molecule has 0 radical (unpaired) electrons. The van der Waals surface area contributed by atoms with Crippen molar-refractivity contribution < 1.29 is 8.83 Å². The van der Waals surface area contributed by atoms with Gasteiger partial charge in [0.15, 0.2) is 0 Å². The van der Waals surface area contributed by atoms with Crippen LogP contribution in [0, 0.1) is 0 Å². The molecule has 0 atom stereocenters. The van der Waals surface area contributed by atoms with Crippen LogP contribution in [0.2, 0.25) is 0 Å². The van der Waals surface area contributed by atoms with Crippen molar-refractivity contribution in [3.63, 3.8) is 0 Å². The number of aromatic amines is 1. The highest BCUT2D eigenvalue weighted by molar-refractivity contribution is 6.01. The molecule has 2 aromatic carbocycles. The number of aromatic nitrogens is 2. The Morgan fingerprint density at radius 2 is 1.66 bits per heavy atom. The lowest BCUT2D eigenvalue weighted by Gasteiger charge is -2.16. The molecule has 0 aliphatic heterocycles. The summed E-state index contributed by atoms with van der Waals surface area (Å²) in [6, 6.07) is 15.7. The first-order valence-corrected chi connectivity index (χ1v) is 9.72. The Balaban J connectivity index is 1.48. The normalized spacial score (nSPS) is 12.0. The standard InChI is InChI=1S/C23H21N3O3/c1-3-17-16(14-8-4-6-10-18(14)28-17)12-26(2)13-20-24-21-15-9-5-7-11-19(15)29-22(21)23(27)25-20/h4-11H,3,12-13H2,1-2H3,(H,24,25,27). The van der Waals surface area contributed by atoms with Gasteiger partial charge in [-0.1, -0.05) is 37.3 Å². The number of benzene rings is 2. The molecule has 0 aliphatic carbocycles. The average molecular weight is 387 g/mol. The lowest BCUT2D eigenvalue weighted by molar-refractivity contribution is 0.308. The van der Waals surface area contributed by atoms with Crippen molar-refractivity contribution in [2.75, 3.05) is 7.05 Å². The monoisotopic (exact) mass is 387 g/mol. The summed E-state index contributed by atoms with van der Waals surface area (Å²) < 4.78 is 11.7. The van der Waals surface area contributed by atoms with Crippen molar-refractivity contribution in [1.29, 1.82) is 0 Å². The molecule has 0 saturated carbocycles. The first-order valence-electron chi connectivity index (χ1n) is 9.72. The number of hydrogen-bond acceptors (Lipinski definition) is 5. The van der Waals surface area contributed by atoms with Gasteiger partial charge in [-0.2, -0.15) is 0 Å². The largest absolute Gasteiger partial charge is 0.461 e. The molecule has 146 valence electrons. The SMILES string of the molecule is CCc1oc2ccccc2c1CN(C)Cc1nc2c(oc3ccccc32)c(=O)[nH]1. The van der Waals surface area contributed by atoms with E-state index in [4.69, 9.17) is 8.83 Å². The summed E-state index contributed by atoms with van der Waals surface area (Å²) in [5.74, 6) is 1.61. The second kappa shape index (κ2) is 6.90. The van der Waals surface area contributed by atoms with E-state index in [1.807, 2.05) is 49.5 Å². The fraction of sp³-hybridized carbons (Fsp3) is 0.217. The Bertz CT molecular complexity index is 1390. The minimum atomic E-state index is -0.252. The Hall–Kier alpha value is -3.38. The predicted molar refractivity (Wildman–Crippen MR) is 113 cm³/mol. The van der Waals surface area contributed by atoms with Crippen LogP contribution in [0.15, 0.2) is 62.2 Å². The second-order valence-corrected chi connectivity index (χ2v) is 7.31. The van der Waals surface area contributed by atoms with Crippen LogP contribution in [0.3, 0.4) is 0 Å². The Morgan fingerprint density at radius 1 is 0.966 bits per heavy atom. The van der Waals surface area contributed by atoms with E-state index in [2.05, 4.69) is 27.9 Å². The van der Waals surface area contributed by atoms with Crippen molar-refractivity contribution in [3.05, 3.63) is 76.0 Å². The third-order valence-corrected chi connectivity index (χ3v) is 5.23. The van der Waals surface area contributed by atoms with Crippen LogP contribution in [0.4, 0.5) is 0 Å². The highest BCUT2D eigenvalue weighted by Crippen LogP contribution is 2.28. The van der Waals surface area contributed by atoms with Crippen LogP contribution in [0.5, 0.6) is 0 Å². The summed E-state index contributed by atoms with van der Waals surface area (Å²) >= 11 is 0. The minimum absolute atomic E-state index is 0.252. The fourth-order valence-electron chi connectivity index (χ4n) is 3.91. The van der Waals surface area contributed by atoms with Crippen LogP contribution in [0.1, 0.15) is 24.1 Å². The van der Waals surface area contributed by atoms with Gasteiger partial charge in [-0.25, -0.2) is 4.98 Å². The number of nitrogens with zero attached hydrogens (tertiary/aromatic N) is 2. The molecule has 5 aromatic rings. The van der Waals surface area contributed by atoms with Gasteiger partial charge in [-0.05, 0) is 25.2 Å². The number of nitrogens with one attached hydrogen (secondary N) is 1. The smallest absolute Gasteiger partial charge is 0.294 e. The van der Waals surface area contributed by atoms with Crippen LogP contribution in [0.25, 0.3) is 33.0 Å². The highest BCUT2D eigenvalue weighted by Gasteiger charge is 2.17. The summed E-state index contributed by atoms with van der Waals surface area (Å²) in [7, 11) is 2.01. The number of furan rings is 2. The van der Waals surface area contributed by atoms with Gasteiger partial charge < -0.3 is 13.8 Å². The second-order valence-electron chi connectivity index (χ2n) is 7.31. The molecule has 0 aliphatic rings. The van der Waals surface area contributed by atoms with E-state index < -0.39 is 0 Å². The topological polar surface area (TPSA) is 75.3 Å². The van der Waals surface area contributed by atoms with Gasteiger partial charge in [0.25, 0.3) is 5.56 Å². The van der Waals surface area contributed by atoms with Crippen molar-refractivity contribution in [3.8, 4) is 0 Å². The van der Waals surface area contributed by atoms with Gasteiger partial charge in [-0.3, -0.25) is 9.69 Å². The first kappa shape index (κ1) is 17.7. The number of fused-ring (bicyclic) bond motifs is 4. The van der Waals surface area contributed by atoms with Crippen molar-refractivity contribution in [2.24, 2.45) is 0 Å². The number of hydrogen-bond donors (Lipinski definition) is 1. The maximum absolute atomic E-state index is 12.5. The van der Waals surface area contributed by atoms with Gasteiger partial charge in [-0.15, -0.1) is 0 Å². The summed E-state index contributed by atoms with van der Waals surface area (Å²) in [6.07, 6.45) is 0.833. The van der Waals surface area contributed by atoms with Gasteiger partial charge >= 0.3 is 0 Å². The number of aryl methyl sites for hydroxylation is 1. The molecule has 5 rings (SSSR count). The summed E-state index contributed by atoms with van der Waals surface area (Å²) in [6.45, 7) is 3.31. The van der Waals surface area contributed by atoms with Crippen LogP contribution < -0.4 is 5.56 Å². The molecule has 1 N–H and O–H groups in total. The maximum atomic E-state index is 12.5. The first-order chi connectivity index (χ1) is 14.1. The molecule has 29 heavy (non-hydrogen) atoms. The molecule has 3 heterocycles. The lowest BCUT2D eigenvalue weighted by Crippen LogP contribution is -2.22. The summed E-state index contributed by atoms with van der Waals surface area (Å²) in [5.41, 5.74) is 3.39. The van der Waals surface area contributed by atoms with Crippen LogP contribution in [-0.2, 0) is 19.5 Å². The molecule has 6 nitrogen and oxygen atoms in total. The van der Waals surface area contributed by atoms with Gasteiger partial charge in [0.05, 0.1) is 6.54 Å². The molecule has 0 saturated heterocycles. The minimum Gasteiger partial charge on any atom is -0.461 e. The van der Waals surface area contributed by atoms with Crippen molar-refractivity contribution in [1.82, 2.24) is 14.9 Å². The van der Waals surface area contributed by atoms with Gasteiger partial charge in [0.1, 0.15) is 28.3 Å². The zero-order valence-electron chi connectivity index (χ0n) is 16.4. The zero-order valence-corrected chi connectivity index (χ0v) is 16.4. The fourth-order valence-corrected chi connectivity index (χ4v) is 3.91. The number of para-hydroxylation sites is 2. The van der Waals surface area contributed by atoms with Gasteiger partial charge in [0, 0.05) is 29.3 Å². The maximum Gasteiger partial charge on any atom is 0.294 e. The van der Waals surface area contributed by atoms with E-state index >= 15 is 0 Å². The molecule has 0 bridgehead atoms. The molecule has 0 amide bonds. The van der Waals surface area contributed by atoms with E-state index in [9.17, 15) is 4.79 Å². The number of rotatable bonds is 5. The Labute approximate surface area is 166 Å². The highest BCUT2D eigenvalue weighted by atomic mass is 16.3. The predicted octanol–water partition coefficient (Wildman–Crippen LogP) is 4.61. The van der Waals surface area contributed by atoms with Gasteiger partial charge in [0.2, 0.25) is 5.58 Å². The van der Waals surface area contributed by atoms with E-state index in [1.54, 1.807) is 0 Å². The van der Waals surface area contributed by atoms with E-state index in [-0.39, 0.29) is 11.1 Å². The van der Waals surface area contributed by atoms with E-state index in [1.165, 1.54) is 5.56 Å². The van der Waals surface area contributed by atoms with E-state index in [0.29, 0.717) is 30.0 Å². The molecule has 3 aromatic heterocycles. The van der Waals surface area contributed by atoms with Crippen LogP contribution in [-0.4, -0.2) is 21.9 Å². The Morgan fingerprint density at radius 3 is 2.41 bits per heavy atom. The summed E-state index contributed by atoms with van der Waals surface area (Å²) in [4.78, 5) is 22.2. The quantitative estimate of drug-likeness (QED) is 0.477. The Kier molecular flexibility index (Phi) is 4.21. The van der Waals surface area contributed by atoms with Crippen LogP contribution >= 0.6 is 0 Å². The van der Waals surface area contributed by atoms with Crippen molar-refractivity contribution in [2.45, 2.75) is 26.4 Å². The number of H-pyrrole nitrogens is 1. The lowest BCUT2D eigenvalue weighted by atomic mass is 10.1. The molecule has 0 spiro atoms. The molecule has 0 fully saturated rings. The molecule has 6 heteroatoms. The zero-order chi connectivity index (χ0) is 20.0. The van der Waals surface area contributed by atoms with Crippen molar-refractivity contribution >= 4 is 33.0 Å². The third kappa shape index (κ3) is 3.02. The molecule has 0 unspecified atom stereocenters. The summed E-state index contributed by atoms with van der Waals surface area (Å²) in [5, 5.41) is 1.99.